The molecule has 1 atom stereocenters. The van der Waals surface area contributed by atoms with Crippen molar-refractivity contribution in [1.29, 1.82) is 0 Å². The predicted octanol–water partition coefficient (Wildman–Crippen LogP) is 2.32. The molecule has 2 saturated heterocycles. The average molecular weight is 373 g/mol. The molecule has 0 aromatic heterocycles. The second-order valence-corrected chi connectivity index (χ2v) is 6.48. The number of amides is 2. The van der Waals surface area contributed by atoms with Crippen LogP contribution in [0.3, 0.4) is 0 Å². The van der Waals surface area contributed by atoms with Gasteiger partial charge >= 0.3 is 12.2 Å². The summed E-state index contributed by atoms with van der Waals surface area (Å²) in [5, 5.41) is 5.02. The summed E-state index contributed by atoms with van der Waals surface area (Å²) >= 11 is 0. The van der Waals surface area contributed by atoms with Crippen LogP contribution in [-0.4, -0.2) is 62.5 Å². The predicted molar refractivity (Wildman–Crippen MR) is 89.0 cm³/mol. The van der Waals surface area contributed by atoms with Gasteiger partial charge in [-0.3, -0.25) is 4.90 Å². The largest absolute Gasteiger partial charge is 0.418 e. The van der Waals surface area contributed by atoms with Crippen LogP contribution in [0.5, 0.6) is 0 Å². The van der Waals surface area contributed by atoms with Crippen LogP contribution in [-0.2, 0) is 15.7 Å². The summed E-state index contributed by atoms with van der Waals surface area (Å²) in [4.78, 5) is 14.4. The lowest BCUT2D eigenvalue weighted by Gasteiger charge is -2.42. The van der Waals surface area contributed by atoms with Gasteiger partial charge in [-0.25, -0.2) is 4.79 Å². The van der Waals surface area contributed by atoms with Gasteiger partial charge in [0.2, 0.25) is 0 Å². The fourth-order valence-electron chi connectivity index (χ4n) is 3.39. The Balaban J connectivity index is 1.63. The van der Waals surface area contributed by atoms with E-state index in [-0.39, 0.29) is 11.2 Å². The molecule has 2 amide bonds. The SMILES string of the molecule is O=C(NCC1(N2CCOCC2)CCOC1)Nc1ccccc1C(F)(F)F. The molecule has 1 aromatic carbocycles. The zero-order valence-electron chi connectivity index (χ0n) is 14.3. The Morgan fingerprint density at radius 1 is 1.15 bits per heavy atom. The van der Waals surface area contributed by atoms with E-state index >= 15 is 0 Å². The number of nitrogens with zero attached hydrogens (tertiary/aromatic N) is 1. The first-order chi connectivity index (χ1) is 12.4. The molecule has 0 aliphatic carbocycles. The normalized spacial score (nSPS) is 24.4. The van der Waals surface area contributed by atoms with Crippen LogP contribution in [0.4, 0.5) is 23.7 Å². The summed E-state index contributed by atoms with van der Waals surface area (Å²) in [6.45, 7) is 4.09. The van der Waals surface area contributed by atoms with Crippen molar-refractivity contribution < 1.29 is 27.4 Å². The van der Waals surface area contributed by atoms with Crippen molar-refractivity contribution >= 4 is 11.7 Å². The average Bonchev–Trinajstić information content (AvgIpc) is 3.11. The van der Waals surface area contributed by atoms with Crippen LogP contribution >= 0.6 is 0 Å². The molecule has 1 unspecified atom stereocenters. The molecule has 2 aliphatic rings. The van der Waals surface area contributed by atoms with E-state index in [9.17, 15) is 18.0 Å². The lowest BCUT2D eigenvalue weighted by Crippen LogP contribution is -2.59. The van der Waals surface area contributed by atoms with Gasteiger partial charge in [0.15, 0.2) is 0 Å². The number of anilines is 1. The van der Waals surface area contributed by atoms with E-state index in [4.69, 9.17) is 9.47 Å². The standard InChI is InChI=1S/C17H22F3N3O3/c18-17(19,20)13-3-1-2-4-14(13)22-15(24)21-11-16(5-8-26-12-16)23-6-9-25-10-7-23/h1-4H,5-12H2,(H2,21,22,24). The Morgan fingerprint density at radius 2 is 1.88 bits per heavy atom. The number of ether oxygens (including phenoxy) is 2. The smallest absolute Gasteiger partial charge is 0.379 e. The highest BCUT2D eigenvalue weighted by molar-refractivity contribution is 5.90. The fraction of sp³-hybridized carbons (Fsp3) is 0.588. The zero-order chi connectivity index (χ0) is 18.6. The van der Waals surface area contributed by atoms with Crippen LogP contribution in [0.2, 0.25) is 0 Å². The van der Waals surface area contributed by atoms with E-state index in [1.54, 1.807) is 0 Å². The van der Waals surface area contributed by atoms with E-state index in [2.05, 4.69) is 15.5 Å². The van der Waals surface area contributed by atoms with E-state index in [0.717, 1.165) is 25.6 Å². The molecule has 26 heavy (non-hydrogen) atoms. The van der Waals surface area contributed by atoms with Gasteiger partial charge in [0, 0.05) is 26.2 Å². The molecule has 1 aromatic rings. The molecule has 144 valence electrons. The van der Waals surface area contributed by atoms with Gasteiger partial charge in [0.25, 0.3) is 0 Å². The number of morpholine rings is 1. The monoisotopic (exact) mass is 373 g/mol. The molecule has 2 fully saturated rings. The van der Waals surface area contributed by atoms with Crippen LogP contribution in [0.15, 0.2) is 24.3 Å². The number of nitrogens with one attached hydrogen (secondary N) is 2. The summed E-state index contributed by atoms with van der Waals surface area (Å²) in [5.41, 5.74) is -1.48. The number of carbonyl (C=O) groups is 1. The number of alkyl halides is 3. The first kappa shape index (κ1) is 18.9. The first-order valence-electron chi connectivity index (χ1n) is 8.52. The highest BCUT2D eigenvalue weighted by atomic mass is 19.4. The molecule has 0 spiro atoms. The molecule has 3 rings (SSSR count). The van der Waals surface area contributed by atoms with Crippen LogP contribution in [0, 0.1) is 0 Å². The van der Waals surface area contributed by atoms with Crippen molar-refractivity contribution in [2.24, 2.45) is 0 Å². The number of carbonyl (C=O) groups excluding carboxylic acids is 1. The third-order valence-electron chi connectivity index (χ3n) is 4.82. The second-order valence-electron chi connectivity index (χ2n) is 6.48. The minimum absolute atomic E-state index is 0.263. The maximum absolute atomic E-state index is 13.0. The van der Waals surface area contributed by atoms with Crippen LogP contribution < -0.4 is 10.6 Å². The Labute approximate surface area is 149 Å². The van der Waals surface area contributed by atoms with Gasteiger partial charge in [-0.2, -0.15) is 13.2 Å². The van der Waals surface area contributed by atoms with E-state index in [0.29, 0.717) is 33.0 Å². The highest BCUT2D eigenvalue weighted by Gasteiger charge is 2.41. The van der Waals surface area contributed by atoms with E-state index in [1.165, 1.54) is 18.2 Å². The van der Waals surface area contributed by atoms with Gasteiger partial charge in [0.1, 0.15) is 0 Å². The molecule has 2 aliphatic heterocycles. The number of para-hydroxylation sites is 1. The summed E-state index contributed by atoms with van der Waals surface area (Å²) in [5.74, 6) is 0. The number of hydrogen-bond acceptors (Lipinski definition) is 4. The maximum atomic E-state index is 13.0. The van der Waals surface area contributed by atoms with E-state index in [1.807, 2.05) is 0 Å². The van der Waals surface area contributed by atoms with Crippen molar-refractivity contribution in [3.05, 3.63) is 29.8 Å². The highest BCUT2D eigenvalue weighted by Crippen LogP contribution is 2.34. The van der Waals surface area contributed by atoms with Crippen molar-refractivity contribution in [3.8, 4) is 0 Å². The molecular weight excluding hydrogens is 351 g/mol. The van der Waals surface area contributed by atoms with Gasteiger partial charge in [-0.05, 0) is 18.6 Å². The Bertz CT molecular complexity index is 627. The Hall–Kier alpha value is -1.84. The minimum atomic E-state index is -4.53. The quantitative estimate of drug-likeness (QED) is 0.850. The van der Waals surface area contributed by atoms with Crippen molar-refractivity contribution in [2.75, 3.05) is 51.4 Å². The number of halogens is 3. The van der Waals surface area contributed by atoms with Crippen molar-refractivity contribution in [2.45, 2.75) is 18.1 Å². The van der Waals surface area contributed by atoms with Crippen molar-refractivity contribution in [3.63, 3.8) is 0 Å². The van der Waals surface area contributed by atoms with Gasteiger partial charge in [-0.1, -0.05) is 12.1 Å². The summed E-state index contributed by atoms with van der Waals surface area (Å²) in [6, 6.07) is 4.25. The summed E-state index contributed by atoms with van der Waals surface area (Å²) in [6.07, 6.45) is -3.77. The zero-order valence-corrected chi connectivity index (χ0v) is 14.3. The molecule has 0 bridgehead atoms. The Morgan fingerprint density at radius 3 is 2.54 bits per heavy atom. The molecule has 6 nitrogen and oxygen atoms in total. The molecule has 2 N–H and O–H groups in total. The van der Waals surface area contributed by atoms with Gasteiger partial charge in [-0.15, -0.1) is 0 Å². The minimum Gasteiger partial charge on any atom is -0.379 e. The maximum Gasteiger partial charge on any atom is 0.418 e. The molecular formula is C17H22F3N3O3. The third kappa shape index (κ3) is 4.28. The topological polar surface area (TPSA) is 62.8 Å². The lowest BCUT2D eigenvalue weighted by molar-refractivity contribution is -0.136. The molecule has 0 saturated carbocycles. The fourth-order valence-corrected chi connectivity index (χ4v) is 3.39. The molecule has 9 heteroatoms. The number of hydrogen-bond donors (Lipinski definition) is 2. The number of rotatable bonds is 4. The molecule has 2 heterocycles. The number of benzene rings is 1. The summed E-state index contributed by atoms with van der Waals surface area (Å²) < 4.78 is 50.0. The lowest BCUT2D eigenvalue weighted by atomic mass is 9.95. The summed E-state index contributed by atoms with van der Waals surface area (Å²) in [7, 11) is 0. The second kappa shape index (κ2) is 7.81. The van der Waals surface area contributed by atoms with Crippen LogP contribution in [0.1, 0.15) is 12.0 Å². The Kier molecular flexibility index (Phi) is 5.69. The van der Waals surface area contributed by atoms with Gasteiger partial charge in [0.05, 0.1) is 36.6 Å². The van der Waals surface area contributed by atoms with Gasteiger partial charge < -0.3 is 20.1 Å². The third-order valence-corrected chi connectivity index (χ3v) is 4.82. The first-order valence-corrected chi connectivity index (χ1v) is 8.52. The van der Waals surface area contributed by atoms with E-state index < -0.39 is 17.8 Å². The molecule has 0 radical (unpaired) electrons. The van der Waals surface area contributed by atoms with Crippen LogP contribution in [0.25, 0.3) is 0 Å². The van der Waals surface area contributed by atoms with Crippen molar-refractivity contribution in [1.82, 2.24) is 10.2 Å². The number of urea groups is 1.